The second-order valence-corrected chi connectivity index (χ2v) is 5.52. The number of nitrogens with zero attached hydrogens (tertiary/aromatic N) is 2. The fourth-order valence-electron chi connectivity index (χ4n) is 2.44. The van der Waals surface area contributed by atoms with Crippen molar-refractivity contribution in [2.75, 3.05) is 0 Å². The molecule has 0 aliphatic rings. The highest BCUT2D eigenvalue weighted by atomic mass is 16.1. The molecule has 0 saturated carbocycles. The van der Waals surface area contributed by atoms with E-state index in [-0.39, 0.29) is 5.91 Å². The smallest absolute Gasteiger partial charge is 0.251 e. The summed E-state index contributed by atoms with van der Waals surface area (Å²) >= 11 is 0. The Labute approximate surface area is 135 Å². The zero-order valence-electron chi connectivity index (χ0n) is 13.1. The molecule has 0 atom stereocenters. The van der Waals surface area contributed by atoms with Crippen molar-refractivity contribution in [3.63, 3.8) is 0 Å². The molecule has 4 heteroatoms. The second kappa shape index (κ2) is 6.92. The minimum Gasteiger partial charge on any atom is -0.348 e. The summed E-state index contributed by atoms with van der Waals surface area (Å²) in [6.45, 7) is 3.21. The predicted octanol–water partition coefficient (Wildman–Crippen LogP) is 3.17. The lowest BCUT2D eigenvalue weighted by atomic mass is 10.1. The molecule has 0 spiro atoms. The Morgan fingerprint density at radius 3 is 2.48 bits per heavy atom. The summed E-state index contributed by atoms with van der Waals surface area (Å²) in [4.78, 5) is 12.2. The molecule has 1 N–H and O–H groups in total. The minimum absolute atomic E-state index is 0.0566. The Morgan fingerprint density at radius 2 is 1.78 bits per heavy atom. The van der Waals surface area contributed by atoms with Gasteiger partial charge in [0, 0.05) is 24.5 Å². The van der Waals surface area contributed by atoms with Crippen molar-refractivity contribution in [3.8, 4) is 0 Å². The summed E-state index contributed by atoms with van der Waals surface area (Å²) in [5.41, 5.74) is 4.08. The van der Waals surface area contributed by atoms with Gasteiger partial charge < -0.3 is 5.32 Å². The monoisotopic (exact) mass is 305 g/mol. The van der Waals surface area contributed by atoms with Gasteiger partial charge in [0.15, 0.2) is 0 Å². The number of aryl methyl sites for hydroxylation is 1. The molecule has 1 heterocycles. The predicted molar refractivity (Wildman–Crippen MR) is 90.1 cm³/mol. The molecule has 0 aliphatic carbocycles. The van der Waals surface area contributed by atoms with Crippen molar-refractivity contribution in [1.29, 1.82) is 0 Å². The van der Waals surface area contributed by atoms with E-state index in [4.69, 9.17) is 0 Å². The largest absolute Gasteiger partial charge is 0.348 e. The van der Waals surface area contributed by atoms with E-state index in [0.717, 1.165) is 16.7 Å². The van der Waals surface area contributed by atoms with E-state index in [0.29, 0.717) is 18.7 Å². The van der Waals surface area contributed by atoms with E-state index >= 15 is 0 Å². The van der Waals surface area contributed by atoms with Crippen molar-refractivity contribution >= 4 is 5.91 Å². The summed E-state index contributed by atoms with van der Waals surface area (Å²) < 4.78 is 1.88. The van der Waals surface area contributed by atoms with Crippen molar-refractivity contribution < 1.29 is 4.79 Å². The van der Waals surface area contributed by atoms with Crippen LogP contribution in [0.15, 0.2) is 67.0 Å². The van der Waals surface area contributed by atoms with Gasteiger partial charge in [0.1, 0.15) is 0 Å². The fourth-order valence-corrected chi connectivity index (χ4v) is 2.44. The van der Waals surface area contributed by atoms with Gasteiger partial charge >= 0.3 is 0 Å². The SMILES string of the molecule is Cc1ccc(C(=O)NCc2ccccc2Cn2cccn2)cc1. The van der Waals surface area contributed by atoms with Crippen LogP contribution in [0.25, 0.3) is 0 Å². The molecule has 0 saturated heterocycles. The Kier molecular flexibility index (Phi) is 4.52. The highest BCUT2D eigenvalue weighted by Gasteiger charge is 2.07. The molecule has 2 aromatic carbocycles. The Balaban J connectivity index is 1.68. The highest BCUT2D eigenvalue weighted by Crippen LogP contribution is 2.11. The zero-order valence-corrected chi connectivity index (χ0v) is 13.1. The van der Waals surface area contributed by atoms with Crippen LogP contribution in [-0.2, 0) is 13.1 Å². The number of nitrogens with one attached hydrogen (secondary N) is 1. The van der Waals surface area contributed by atoms with Gasteiger partial charge in [0.05, 0.1) is 6.54 Å². The third kappa shape index (κ3) is 3.86. The number of hydrogen-bond donors (Lipinski definition) is 1. The van der Waals surface area contributed by atoms with E-state index in [1.807, 2.05) is 66.3 Å². The number of carbonyl (C=O) groups excluding carboxylic acids is 1. The number of benzene rings is 2. The molecular formula is C19H19N3O. The van der Waals surface area contributed by atoms with Crippen molar-refractivity contribution in [1.82, 2.24) is 15.1 Å². The molecule has 0 unspecified atom stereocenters. The van der Waals surface area contributed by atoms with Crippen LogP contribution < -0.4 is 5.32 Å². The standard InChI is InChI=1S/C19H19N3O/c1-15-7-9-16(10-8-15)19(23)20-13-17-5-2-3-6-18(17)14-22-12-4-11-21-22/h2-12H,13-14H2,1H3,(H,20,23). The Morgan fingerprint density at radius 1 is 1.04 bits per heavy atom. The first-order valence-electron chi connectivity index (χ1n) is 7.61. The van der Waals surface area contributed by atoms with Crippen LogP contribution in [0, 0.1) is 6.92 Å². The number of rotatable bonds is 5. The Hall–Kier alpha value is -2.88. The van der Waals surface area contributed by atoms with Crippen LogP contribution in [0.4, 0.5) is 0 Å². The number of aromatic nitrogens is 2. The lowest BCUT2D eigenvalue weighted by molar-refractivity contribution is 0.0951. The summed E-state index contributed by atoms with van der Waals surface area (Å²) in [6.07, 6.45) is 3.70. The first-order valence-corrected chi connectivity index (χ1v) is 7.61. The third-order valence-electron chi connectivity index (χ3n) is 3.76. The topological polar surface area (TPSA) is 46.9 Å². The first-order chi connectivity index (χ1) is 11.2. The fraction of sp³-hybridized carbons (Fsp3) is 0.158. The molecule has 116 valence electrons. The van der Waals surface area contributed by atoms with Gasteiger partial charge in [-0.25, -0.2) is 0 Å². The van der Waals surface area contributed by atoms with E-state index in [1.165, 1.54) is 0 Å². The molecule has 3 rings (SSSR count). The maximum Gasteiger partial charge on any atom is 0.251 e. The molecule has 1 amide bonds. The van der Waals surface area contributed by atoms with Crippen molar-refractivity contribution in [3.05, 3.63) is 89.2 Å². The lowest BCUT2D eigenvalue weighted by Crippen LogP contribution is -2.23. The van der Waals surface area contributed by atoms with Gasteiger partial charge in [0.25, 0.3) is 5.91 Å². The van der Waals surface area contributed by atoms with E-state index in [9.17, 15) is 4.79 Å². The van der Waals surface area contributed by atoms with Gasteiger partial charge in [-0.05, 0) is 36.2 Å². The Bertz CT molecular complexity index is 777. The summed E-state index contributed by atoms with van der Waals surface area (Å²) in [5, 5.41) is 7.22. The number of amides is 1. The average molecular weight is 305 g/mol. The zero-order chi connectivity index (χ0) is 16.1. The summed E-state index contributed by atoms with van der Waals surface area (Å²) in [7, 11) is 0. The van der Waals surface area contributed by atoms with E-state index in [1.54, 1.807) is 6.20 Å². The minimum atomic E-state index is -0.0566. The quantitative estimate of drug-likeness (QED) is 0.787. The molecule has 1 aromatic heterocycles. The van der Waals surface area contributed by atoms with Gasteiger partial charge in [-0.15, -0.1) is 0 Å². The molecule has 0 radical (unpaired) electrons. The van der Waals surface area contributed by atoms with Crippen LogP contribution in [0.3, 0.4) is 0 Å². The highest BCUT2D eigenvalue weighted by molar-refractivity contribution is 5.94. The molecule has 0 bridgehead atoms. The molecule has 3 aromatic rings. The maximum atomic E-state index is 12.2. The second-order valence-electron chi connectivity index (χ2n) is 5.52. The number of hydrogen-bond acceptors (Lipinski definition) is 2. The van der Waals surface area contributed by atoms with Gasteiger partial charge in [-0.3, -0.25) is 9.48 Å². The number of carbonyl (C=O) groups is 1. The summed E-state index contributed by atoms with van der Waals surface area (Å²) in [6, 6.07) is 17.6. The van der Waals surface area contributed by atoms with Crippen molar-refractivity contribution in [2.45, 2.75) is 20.0 Å². The normalized spacial score (nSPS) is 10.5. The van der Waals surface area contributed by atoms with Crippen LogP contribution in [-0.4, -0.2) is 15.7 Å². The molecule has 4 nitrogen and oxygen atoms in total. The van der Waals surface area contributed by atoms with Crippen LogP contribution >= 0.6 is 0 Å². The van der Waals surface area contributed by atoms with E-state index < -0.39 is 0 Å². The molecule has 0 aliphatic heterocycles. The van der Waals surface area contributed by atoms with Gasteiger partial charge in [-0.2, -0.15) is 5.10 Å². The van der Waals surface area contributed by atoms with E-state index in [2.05, 4.69) is 16.5 Å². The van der Waals surface area contributed by atoms with Gasteiger partial charge in [-0.1, -0.05) is 42.0 Å². The first kappa shape index (κ1) is 15.0. The maximum absolute atomic E-state index is 12.2. The molecular weight excluding hydrogens is 286 g/mol. The average Bonchev–Trinajstić information content (AvgIpc) is 3.07. The summed E-state index contributed by atoms with van der Waals surface area (Å²) in [5.74, 6) is -0.0566. The third-order valence-corrected chi connectivity index (χ3v) is 3.76. The van der Waals surface area contributed by atoms with Crippen LogP contribution in [0.1, 0.15) is 27.0 Å². The molecule has 23 heavy (non-hydrogen) atoms. The van der Waals surface area contributed by atoms with Crippen LogP contribution in [0.5, 0.6) is 0 Å². The lowest BCUT2D eigenvalue weighted by Gasteiger charge is -2.11. The van der Waals surface area contributed by atoms with Crippen LogP contribution in [0.2, 0.25) is 0 Å². The molecule has 0 fully saturated rings. The van der Waals surface area contributed by atoms with Gasteiger partial charge in [0.2, 0.25) is 0 Å². The van der Waals surface area contributed by atoms with Crippen molar-refractivity contribution in [2.24, 2.45) is 0 Å².